The van der Waals surface area contributed by atoms with E-state index < -0.39 is 6.03 Å². The molecule has 54 valence electrons. The lowest BCUT2D eigenvalue weighted by Crippen LogP contribution is -2.28. The van der Waals surface area contributed by atoms with Gasteiger partial charge in [-0.1, -0.05) is 11.8 Å². The largest absolute Gasteiger partial charge is 0.351 e. The van der Waals surface area contributed by atoms with Crippen molar-refractivity contribution in [1.29, 1.82) is 0 Å². The number of urea groups is 1. The molecular weight excluding hydrogens is 152 g/mol. The van der Waals surface area contributed by atoms with Crippen LogP contribution in [0.1, 0.15) is 0 Å². The fourth-order valence-corrected chi connectivity index (χ4v) is 1.28. The van der Waals surface area contributed by atoms with Gasteiger partial charge < -0.3 is 11.1 Å². The molecular formula is C5H6N2O2S. The third-order valence-electron chi connectivity index (χ3n) is 0.946. The molecule has 0 radical (unpaired) electrons. The fraction of sp³-hybridized carbons (Fsp3) is 0.200. The normalized spacial score (nSPS) is 16.8. The SMILES string of the molecule is NC(=O)NC1=CC(=O)SC1. The van der Waals surface area contributed by atoms with Gasteiger partial charge in [-0.05, 0) is 0 Å². The predicted octanol–water partition coefficient (Wildman–Crippen LogP) is -0.188. The molecule has 0 aromatic carbocycles. The van der Waals surface area contributed by atoms with Crippen molar-refractivity contribution < 1.29 is 9.59 Å². The molecule has 0 spiro atoms. The molecule has 0 unspecified atom stereocenters. The minimum absolute atomic E-state index is 0.0382. The van der Waals surface area contributed by atoms with Crippen molar-refractivity contribution in [2.75, 3.05) is 5.75 Å². The van der Waals surface area contributed by atoms with Crippen LogP contribution in [0, 0.1) is 0 Å². The van der Waals surface area contributed by atoms with Gasteiger partial charge in [0.2, 0.25) is 5.12 Å². The smallest absolute Gasteiger partial charge is 0.316 e. The van der Waals surface area contributed by atoms with Crippen LogP contribution in [0.4, 0.5) is 4.79 Å². The summed E-state index contributed by atoms with van der Waals surface area (Å²) in [5, 5.41) is 2.29. The van der Waals surface area contributed by atoms with Gasteiger partial charge in [-0.2, -0.15) is 0 Å². The second kappa shape index (κ2) is 2.74. The Morgan fingerprint density at radius 1 is 1.80 bits per heavy atom. The van der Waals surface area contributed by atoms with Crippen molar-refractivity contribution in [1.82, 2.24) is 5.32 Å². The number of amides is 2. The number of hydrogen-bond acceptors (Lipinski definition) is 3. The molecule has 0 saturated carbocycles. The zero-order chi connectivity index (χ0) is 7.56. The average molecular weight is 158 g/mol. The van der Waals surface area contributed by atoms with E-state index in [0.29, 0.717) is 11.4 Å². The van der Waals surface area contributed by atoms with Crippen LogP contribution in [0.5, 0.6) is 0 Å². The van der Waals surface area contributed by atoms with E-state index in [-0.39, 0.29) is 5.12 Å². The number of nitrogens with two attached hydrogens (primary N) is 1. The van der Waals surface area contributed by atoms with Gasteiger partial charge in [0, 0.05) is 17.5 Å². The summed E-state index contributed by atoms with van der Waals surface area (Å²) < 4.78 is 0. The maximum Gasteiger partial charge on any atom is 0.316 e. The van der Waals surface area contributed by atoms with E-state index in [0.717, 1.165) is 11.8 Å². The summed E-state index contributed by atoms with van der Waals surface area (Å²) in [6.07, 6.45) is 1.37. The molecule has 5 heteroatoms. The molecule has 0 aromatic heterocycles. The molecule has 4 nitrogen and oxygen atoms in total. The minimum atomic E-state index is -0.624. The highest BCUT2D eigenvalue weighted by atomic mass is 32.2. The van der Waals surface area contributed by atoms with E-state index in [1.54, 1.807) is 0 Å². The molecule has 0 aromatic rings. The Bertz CT molecular complexity index is 212. The Labute approximate surface area is 61.8 Å². The molecule has 1 rings (SSSR count). The van der Waals surface area contributed by atoms with Crippen LogP contribution in [-0.2, 0) is 4.79 Å². The Hall–Kier alpha value is -0.970. The molecule has 0 saturated heterocycles. The maximum absolute atomic E-state index is 10.5. The summed E-state index contributed by atoms with van der Waals surface area (Å²) in [4.78, 5) is 20.7. The fourth-order valence-electron chi connectivity index (χ4n) is 0.605. The average Bonchev–Trinajstić information content (AvgIpc) is 2.13. The van der Waals surface area contributed by atoms with Crippen molar-refractivity contribution in [2.24, 2.45) is 5.73 Å². The van der Waals surface area contributed by atoms with Crippen LogP contribution >= 0.6 is 11.8 Å². The van der Waals surface area contributed by atoms with Gasteiger partial charge >= 0.3 is 6.03 Å². The van der Waals surface area contributed by atoms with Crippen molar-refractivity contribution in [3.8, 4) is 0 Å². The van der Waals surface area contributed by atoms with E-state index in [1.165, 1.54) is 6.08 Å². The lowest BCUT2D eigenvalue weighted by Gasteiger charge is -1.97. The molecule has 0 aliphatic carbocycles. The molecule has 2 amide bonds. The molecule has 1 aliphatic heterocycles. The van der Waals surface area contributed by atoms with Crippen molar-refractivity contribution in [3.05, 3.63) is 11.8 Å². The van der Waals surface area contributed by atoms with Crippen molar-refractivity contribution in [3.63, 3.8) is 0 Å². The summed E-state index contributed by atoms with van der Waals surface area (Å²) in [6, 6.07) is -0.624. The number of hydrogen-bond donors (Lipinski definition) is 2. The van der Waals surface area contributed by atoms with Gasteiger partial charge in [-0.15, -0.1) is 0 Å². The minimum Gasteiger partial charge on any atom is -0.351 e. The van der Waals surface area contributed by atoms with E-state index in [4.69, 9.17) is 5.73 Å². The molecule has 0 atom stereocenters. The van der Waals surface area contributed by atoms with Gasteiger partial charge in [0.15, 0.2) is 0 Å². The molecule has 3 N–H and O–H groups in total. The first kappa shape index (κ1) is 7.14. The molecule has 10 heavy (non-hydrogen) atoms. The Morgan fingerprint density at radius 3 is 2.90 bits per heavy atom. The van der Waals surface area contributed by atoms with E-state index in [2.05, 4.69) is 5.32 Å². The molecule has 1 aliphatic rings. The topological polar surface area (TPSA) is 72.2 Å². The van der Waals surface area contributed by atoms with Crippen LogP contribution < -0.4 is 11.1 Å². The predicted molar refractivity (Wildman–Crippen MR) is 38.3 cm³/mol. The number of rotatable bonds is 1. The molecule has 1 heterocycles. The van der Waals surface area contributed by atoms with E-state index in [9.17, 15) is 9.59 Å². The highest BCUT2D eigenvalue weighted by Crippen LogP contribution is 2.15. The Kier molecular flexibility index (Phi) is 1.96. The van der Waals surface area contributed by atoms with Gasteiger partial charge in [0.1, 0.15) is 0 Å². The maximum atomic E-state index is 10.5. The number of primary amides is 1. The van der Waals surface area contributed by atoms with Crippen LogP contribution in [-0.4, -0.2) is 16.9 Å². The van der Waals surface area contributed by atoms with E-state index >= 15 is 0 Å². The number of carbonyl (C=O) groups excluding carboxylic acids is 2. The summed E-state index contributed by atoms with van der Waals surface area (Å²) in [6.45, 7) is 0. The van der Waals surface area contributed by atoms with Gasteiger partial charge in [-0.3, -0.25) is 4.79 Å². The first-order chi connectivity index (χ1) is 4.68. The van der Waals surface area contributed by atoms with Crippen LogP contribution in [0.25, 0.3) is 0 Å². The monoisotopic (exact) mass is 158 g/mol. The highest BCUT2D eigenvalue weighted by Gasteiger charge is 2.12. The van der Waals surface area contributed by atoms with Crippen molar-refractivity contribution in [2.45, 2.75) is 0 Å². The van der Waals surface area contributed by atoms with Crippen LogP contribution in [0.3, 0.4) is 0 Å². The lowest BCUT2D eigenvalue weighted by atomic mass is 10.4. The molecule has 0 fully saturated rings. The van der Waals surface area contributed by atoms with Gasteiger partial charge in [-0.25, -0.2) is 4.79 Å². The lowest BCUT2D eigenvalue weighted by molar-refractivity contribution is -0.106. The van der Waals surface area contributed by atoms with Gasteiger partial charge in [0.05, 0.1) is 0 Å². The Balaban J connectivity index is 2.50. The second-order valence-electron chi connectivity index (χ2n) is 1.77. The van der Waals surface area contributed by atoms with Gasteiger partial charge in [0.25, 0.3) is 0 Å². The zero-order valence-electron chi connectivity index (χ0n) is 5.09. The second-order valence-corrected chi connectivity index (χ2v) is 2.75. The van der Waals surface area contributed by atoms with Crippen LogP contribution in [0.15, 0.2) is 11.8 Å². The zero-order valence-corrected chi connectivity index (χ0v) is 5.90. The number of nitrogens with one attached hydrogen (secondary N) is 1. The third-order valence-corrected chi connectivity index (χ3v) is 1.80. The number of carbonyl (C=O) groups is 2. The summed E-state index contributed by atoms with van der Waals surface area (Å²) in [7, 11) is 0. The Morgan fingerprint density at radius 2 is 2.50 bits per heavy atom. The first-order valence-corrected chi connectivity index (χ1v) is 3.61. The van der Waals surface area contributed by atoms with E-state index in [1.807, 2.05) is 0 Å². The number of thioether (sulfide) groups is 1. The summed E-state index contributed by atoms with van der Waals surface area (Å²) in [5.74, 6) is 0.516. The third kappa shape index (κ3) is 1.77. The summed E-state index contributed by atoms with van der Waals surface area (Å²) in [5.41, 5.74) is 5.39. The first-order valence-electron chi connectivity index (χ1n) is 2.62. The van der Waals surface area contributed by atoms with Crippen LogP contribution in [0.2, 0.25) is 0 Å². The van der Waals surface area contributed by atoms with Crippen molar-refractivity contribution >= 4 is 22.9 Å². The highest BCUT2D eigenvalue weighted by molar-refractivity contribution is 8.14. The molecule has 0 bridgehead atoms. The standard InChI is InChI=1S/C5H6N2O2S/c6-5(9)7-3-1-4(8)10-2-3/h1H,2H2,(H3,6,7,9). The summed E-state index contributed by atoms with van der Waals surface area (Å²) >= 11 is 1.15. The quantitative estimate of drug-likeness (QED) is 0.555.